The molecule has 4 heterocycles. The zero-order valence-corrected chi connectivity index (χ0v) is 14.6. The molecule has 1 fully saturated rings. The Bertz CT molecular complexity index is 852. The van der Waals surface area contributed by atoms with Gasteiger partial charge in [-0.05, 0) is 38.4 Å². The van der Waals surface area contributed by atoms with E-state index in [1.54, 1.807) is 30.2 Å². The first-order chi connectivity index (χ1) is 12.2. The van der Waals surface area contributed by atoms with Gasteiger partial charge < -0.3 is 13.6 Å². The van der Waals surface area contributed by atoms with Crippen molar-refractivity contribution in [2.75, 3.05) is 13.7 Å². The molecule has 0 spiro atoms. The van der Waals surface area contributed by atoms with Crippen molar-refractivity contribution in [1.82, 2.24) is 24.9 Å². The summed E-state index contributed by atoms with van der Waals surface area (Å²) in [6.45, 7) is 3.59. The molecular weight excluding hydrogens is 322 g/mol. The molecule has 3 aromatic heterocycles. The van der Waals surface area contributed by atoms with Crippen LogP contribution in [0.1, 0.15) is 36.0 Å². The van der Waals surface area contributed by atoms with Crippen molar-refractivity contribution in [1.29, 1.82) is 0 Å². The molecule has 8 nitrogen and oxygen atoms in total. The largest absolute Gasteiger partial charge is 0.481 e. The van der Waals surface area contributed by atoms with Gasteiger partial charge in [0.25, 0.3) is 5.89 Å². The average molecular weight is 343 g/mol. The van der Waals surface area contributed by atoms with Gasteiger partial charge in [0.05, 0.1) is 31.2 Å². The normalized spacial score (nSPS) is 18.1. The minimum atomic E-state index is 0.239. The predicted octanol–water partition coefficient (Wildman–Crippen LogP) is 2.72. The second-order valence-electron chi connectivity index (χ2n) is 6.24. The molecule has 4 rings (SSSR count). The van der Waals surface area contributed by atoms with Crippen molar-refractivity contribution in [2.24, 2.45) is 7.05 Å². The fourth-order valence-corrected chi connectivity index (χ4v) is 3.61. The maximum atomic E-state index is 5.76. The Labute approximate surface area is 145 Å². The van der Waals surface area contributed by atoms with Crippen LogP contribution in [0.4, 0.5) is 0 Å². The number of methoxy groups -OCH3 is 1. The van der Waals surface area contributed by atoms with Crippen LogP contribution in [-0.4, -0.2) is 38.5 Å². The standard InChI is InChI=1S/C17H21N5O3/c1-11-15(17(23-3)21(2)20-11)12-6-4-8-22(12)10-14-18-19-16(25-14)13-7-5-9-24-13/h5,7,9,12H,4,6,8,10H2,1-3H3/t12-/m1/s1. The van der Waals surface area contributed by atoms with E-state index in [9.17, 15) is 0 Å². The lowest BCUT2D eigenvalue weighted by Gasteiger charge is -2.23. The highest BCUT2D eigenvalue weighted by Crippen LogP contribution is 2.39. The Morgan fingerprint density at radius 3 is 3.00 bits per heavy atom. The Kier molecular flexibility index (Phi) is 4.04. The smallest absolute Gasteiger partial charge is 0.283 e. The molecule has 0 amide bonds. The summed E-state index contributed by atoms with van der Waals surface area (Å²) in [5.74, 6) is 2.39. The van der Waals surface area contributed by atoms with Crippen LogP contribution in [0.3, 0.4) is 0 Å². The van der Waals surface area contributed by atoms with Gasteiger partial charge in [0.2, 0.25) is 11.8 Å². The van der Waals surface area contributed by atoms with Crippen LogP contribution < -0.4 is 4.74 Å². The Morgan fingerprint density at radius 2 is 2.24 bits per heavy atom. The third-order valence-electron chi connectivity index (χ3n) is 4.64. The highest BCUT2D eigenvalue weighted by molar-refractivity contribution is 5.42. The van der Waals surface area contributed by atoms with E-state index in [1.807, 2.05) is 14.0 Å². The molecule has 0 radical (unpaired) electrons. The summed E-state index contributed by atoms with van der Waals surface area (Å²) in [5.41, 5.74) is 2.14. The Hall–Kier alpha value is -2.61. The number of aryl methyl sites for hydroxylation is 2. The van der Waals surface area contributed by atoms with E-state index >= 15 is 0 Å². The Balaban J connectivity index is 1.57. The van der Waals surface area contributed by atoms with E-state index in [4.69, 9.17) is 13.6 Å². The first-order valence-electron chi connectivity index (χ1n) is 8.35. The second-order valence-corrected chi connectivity index (χ2v) is 6.24. The molecule has 8 heteroatoms. The number of nitrogens with zero attached hydrogens (tertiary/aromatic N) is 5. The average Bonchev–Trinajstić information content (AvgIpc) is 3.35. The summed E-state index contributed by atoms with van der Waals surface area (Å²) in [6, 6.07) is 3.84. The fourth-order valence-electron chi connectivity index (χ4n) is 3.61. The molecule has 1 aliphatic heterocycles. The van der Waals surface area contributed by atoms with Crippen molar-refractivity contribution in [3.63, 3.8) is 0 Å². The van der Waals surface area contributed by atoms with Crippen LogP contribution in [0.2, 0.25) is 0 Å². The fraction of sp³-hybridized carbons (Fsp3) is 0.471. The van der Waals surface area contributed by atoms with Crippen molar-refractivity contribution < 1.29 is 13.6 Å². The number of hydrogen-bond donors (Lipinski definition) is 0. The molecule has 0 saturated carbocycles. The Morgan fingerprint density at radius 1 is 1.36 bits per heavy atom. The van der Waals surface area contributed by atoms with Gasteiger partial charge in [-0.15, -0.1) is 10.2 Å². The lowest BCUT2D eigenvalue weighted by molar-refractivity contribution is 0.218. The van der Waals surface area contributed by atoms with Crippen LogP contribution in [0.5, 0.6) is 5.88 Å². The van der Waals surface area contributed by atoms with Crippen molar-refractivity contribution in [3.05, 3.63) is 35.5 Å². The minimum absolute atomic E-state index is 0.239. The van der Waals surface area contributed by atoms with Crippen LogP contribution in [0.15, 0.2) is 27.2 Å². The van der Waals surface area contributed by atoms with Gasteiger partial charge in [0, 0.05) is 13.1 Å². The summed E-state index contributed by atoms with van der Waals surface area (Å²) in [4.78, 5) is 2.34. The number of likely N-dealkylation sites (tertiary alicyclic amines) is 1. The summed E-state index contributed by atoms with van der Waals surface area (Å²) in [7, 11) is 3.59. The van der Waals surface area contributed by atoms with Gasteiger partial charge in [-0.25, -0.2) is 4.68 Å². The highest BCUT2D eigenvalue weighted by Gasteiger charge is 2.33. The molecule has 1 atom stereocenters. The van der Waals surface area contributed by atoms with Gasteiger partial charge in [0.15, 0.2) is 5.76 Å². The van der Waals surface area contributed by atoms with Gasteiger partial charge in [-0.2, -0.15) is 5.10 Å². The lowest BCUT2D eigenvalue weighted by atomic mass is 10.1. The molecule has 0 aliphatic carbocycles. The van der Waals surface area contributed by atoms with Crippen molar-refractivity contribution in [2.45, 2.75) is 32.4 Å². The van der Waals surface area contributed by atoms with Gasteiger partial charge in [-0.1, -0.05) is 0 Å². The molecule has 1 saturated heterocycles. The van der Waals surface area contributed by atoms with Crippen LogP contribution in [-0.2, 0) is 13.6 Å². The van der Waals surface area contributed by atoms with E-state index < -0.39 is 0 Å². The van der Waals surface area contributed by atoms with Crippen LogP contribution >= 0.6 is 0 Å². The van der Waals surface area contributed by atoms with E-state index in [1.165, 1.54) is 0 Å². The number of aromatic nitrogens is 4. The molecule has 0 unspecified atom stereocenters. The molecule has 25 heavy (non-hydrogen) atoms. The topological polar surface area (TPSA) is 82.3 Å². The zero-order chi connectivity index (χ0) is 17.4. The van der Waals surface area contributed by atoms with Crippen molar-refractivity contribution in [3.8, 4) is 17.5 Å². The van der Waals surface area contributed by atoms with E-state index in [-0.39, 0.29) is 6.04 Å². The molecule has 3 aromatic rings. The number of furan rings is 1. The monoisotopic (exact) mass is 343 g/mol. The minimum Gasteiger partial charge on any atom is -0.481 e. The van der Waals surface area contributed by atoms with E-state index in [0.717, 1.165) is 36.5 Å². The molecule has 0 bridgehead atoms. The SMILES string of the molecule is COc1c([C@H]2CCCN2Cc2nnc(-c3ccco3)o2)c(C)nn1C. The molecule has 1 aliphatic rings. The summed E-state index contributed by atoms with van der Waals surface area (Å²) >= 11 is 0. The van der Waals surface area contributed by atoms with Crippen molar-refractivity contribution >= 4 is 0 Å². The summed E-state index contributed by atoms with van der Waals surface area (Å²) < 4.78 is 18.4. The first-order valence-corrected chi connectivity index (χ1v) is 8.35. The summed E-state index contributed by atoms with van der Waals surface area (Å²) in [5, 5.41) is 12.7. The number of rotatable bonds is 5. The predicted molar refractivity (Wildman–Crippen MR) is 88.9 cm³/mol. The first kappa shape index (κ1) is 15.9. The lowest BCUT2D eigenvalue weighted by Crippen LogP contribution is -2.23. The quantitative estimate of drug-likeness (QED) is 0.704. The molecule has 132 valence electrons. The number of hydrogen-bond acceptors (Lipinski definition) is 7. The third-order valence-corrected chi connectivity index (χ3v) is 4.64. The third kappa shape index (κ3) is 2.82. The molecular formula is C17H21N5O3. The molecule has 0 aromatic carbocycles. The second kappa shape index (κ2) is 6.36. The zero-order valence-electron chi connectivity index (χ0n) is 14.6. The van der Waals surface area contributed by atoms with E-state index in [0.29, 0.717) is 24.1 Å². The van der Waals surface area contributed by atoms with Gasteiger partial charge >= 0.3 is 0 Å². The van der Waals surface area contributed by atoms with E-state index in [2.05, 4.69) is 20.2 Å². The highest BCUT2D eigenvalue weighted by atomic mass is 16.5. The summed E-state index contributed by atoms with van der Waals surface area (Å²) in [6.07, 6.45) is 3.76. The van der Waals surface area contributed by atoms with Crippen LogP contribution in [0.25, 0.3) is 11.7 Å². The van der Waals surface area contributed by atoms with Gasteiger partial charge in [-0.3, -0.25) is 4.90 Å². The maximum absolute atomic E-state index is 5.76. The van der Waals surface area contributed by atoms with Gasteiger partial charge in [0.1, 0.15) is 0 Å². The van der Waals surface area contributed by atoms with Crippen LogP contribution in [0, 0.1) is 6.92 Å². The maximum Gasteiger partial charge on any atom is 0.283 e. The number of ether oxygens (including phenoxy) is 1. The molecule has 0 N–H and O–H groups in total.